The topological polar surface area (TPSA) is 47.6 Å². The minimum Gasteiger partial charge on any atom is -0.494 e. The molecule has 2 rings (SSSR count). The van der Waals surface area contributed by atoms with Crippen LogP contribution in [0.25, 0.3) is 0 Å². The van der Waals surface area contributed by atoms with Crippen molar-refractivity contribution in [3.05, 3.63) is 29.8 Å². The summed E-state index contributed by atoms with van der Waals surface area (Å²) in [7, 11) is 0. The summed E-state index contributed by atoms with van der Waals surface area (Å²) >= 11 is 0. The van der Waals surface area contributed by atoms with Crippen LogP contribution in [0.2, 0.25) is 0 Å². The van der Waals surface area contributed by atoms with Crippen molar-refractivity contribution in [3.8, 4) is 5.75 Å². The summed E-state index contributed by atoms with van der Waals surface area (Å²) in [5.74, 6) is 0.643. The lowest BCUT2D eigenvalue weighted by Crippen LogP contribution is -2.40. The van der Waals surface area contributed by atoms with Crippen LogP contribution in [0, 0.1) is 0 Å². The molecule has 1 heterocycles. The second-order valence-corrected chi connectivity index (χ2v) is 4.77. The number of rotatable bonds is 5. The van der Waals surface area contributed by atoms with E-state index in [1.807, 2.05) is 26.0 Å². The van der Waals surface area contributed by atoms with E-state index in [0.717, 1.165) is 25.2 Å². The Bertz CT molecular complexity index is 427. The van der Waals surface area contributed by atoms with Crippen molar-refractivity contribution in [3.63, 3.8) is 0 Å². The number of hydrogen-bond donors (Lipinski definition) is 1. The second-order valence-electron chi connectivity index (χ2n) is 4.77. The van der Waals surface area contributed by atoms with Gasteiger partial charge in [-0.25, -0.2) is 0 Å². The Hall–Kier alpha value is -1.55. The van der Waals surface area contributed by atoms with Crippen LogP contribution in [0.15, 0.2) is 24.3 Å². The van der Waals surface area contributed by atoms with Crippen LogP contribution >= 0.6 is 0 Å². The summed E-state index contributed by atoms with van der Waals surface area (Å²) in [5, 5.41) is 2.99. The average molecular weight is 263 g/mol. The standard InChI is InChI=1S/C15H21NO3/c1-3-18-13-7-4-6-12(10-13)15(17)16-11(2)14-8-5-9-19-14/h4,6-7,10-11,14H,3,5,8-9H2,1-2H3,(H,16,17)/t11-,14-/m0/s1. The molecular weight excluding hydrogens is 242 g/mol. The zero-order valence-corrected chi connectivity index (χ0v) is 11.5. The average Bonchev–Trinajstić information content (AvgIpc) is 2.93. The van der Waals surface area contributed by atoms with Crippen molar-refractivity contribution in [2.45, 2.75) is 38.8 Å². The summed E-state index contributed by atoms with van der Waals surface area (Å²) in [6.45, 7) is 5.30. The largest absolute Gasteiger partial charge is 0.494 e. The molecule has 1 aliphatic heterocycles. The smallest absolute Gasteiger partial charge is 0.251 e. The van der Waals surface area contributed by atoms with E-state index in [4.69, 9.17) is 9.47 Å². The monoisotopic (exact) mass is 263 g/mol. The lowest BCUT2D eigenvalue weighted by Gasteiger charge is -2.20. The summed E-state index contributed by atoms with van der Waals surface area (Å²) in [6, 6.07) is 7.27. The highest BCUT2D eigenvalue weighted by Gasteiger charge is 2.23. The molecule has 4 heteroatoms. The summed E-state index contributed by atoms with van der Waals surface area (Å²) in [5.41, 5.74) is 0.621. The van der Waals surface area contributed by atoms with E-state index in [1.54, 1.807) is 12.1 Å². The predicted octanol–water partition coefficient (Wildman–Crippen LogP) is 2.38. The van der Waals surface area contributed by atoms with E-state index < -0.39 is 0 Å². The summed E-state index contributed by atoms with van der Waals surface area (Å²) in [6.07, 6.45) is 2.23. The number of nitrogens with one attached hydrogen (secondary N) is 1. The van der Waals surface area contributed by atoms with Gasteiger partial charge in [-0.1, -0.05) is 6.07 Å². The van der Waals surface area contributed by atoms with E-state index in [9.17, 15) is 4.79 Å². The lowest BCUT2D eigenvalue weighted by molar-refractivity contribution is 0.0712. The first kappa shape index (κ1) is 13.9. The molecule has 1 aliphatic rings. The SMILES string of the molecule is CCOc1cccc(C(=O)N[C@@H](C)[C@@H]2CCCO2)c1. The molecule has 19 heavy (non-hydrogen) atoms. The van der Waals surface area contributed by atoms with Gasteiger partial charge in [-0.05, 0) is 44.9 Å². The van der Waals surface area contributed by atoms with E-state index in [0.29, 0.717) is 12.2 Å². The summed E-state index contributed by atoms with van der Waals surface area (Å²) < 4.78 is 11.0. The molecule has 1 N–H and O–H groups in total. The zero-order chi connectivity index (χ0) is 13.7. The number of carbonyl (C=O) groups is 1. The Morgan fingerprint density at radius 3 is 3.11 bits per heavy atom. The molecule has 0 bridgehead atoms. The molecule has 1 amide bonds. The van der Waals surface area contributed by atoms with Gasteiger partial charge in [-0.2, -0.15) is 0 Å². The fourth-order valence-corrected chi connectivity index (χ4v) is 2.27. The molecule has 0 unspecified atom stereocenters. The highest BCUT2D eigenvalue weighted by Crippen LogP contribution is 2.17. The minimum absolute atomic E-state index is 0.0331. The van der Waals surface area contributed by atoms with E-state index >= 15 is 0 Å². The molecule has 1 aromatic rings. The van der Waals surface area contributed by atoms with Gasteiger partial charge in [0.15, 0.2) is 0 Å². The normalized spacial score (nSPS) is 20.0. The minimum atomic E-state index is -0.0791. The molecule has 0 aromatic heterocycles. The molecule has 1 fully saturated rings. The van der Waals surface area contributed by atoms with Crippen LogP contribution in [-0.2, 0) is 4.74 Å². The van der Waals surface area contributed by atoms with Gasteiger partial charge >= 0.3 is 0 Å². The fraction of sp³-hybridized carbons (Fsp3) is 0.533. The Labute approximate surface area is 114 Å². The molecule has 1 saturated heterocycles. The number of hydrogen-bond acceptors (Lipinski definition) is 3. The maximum absolute atomic E-state index is 12.1. The lowest BCUT2D eigenvalue weighted by atomic mass is 10.1. The first-order valence-electron chi connectivity index (χ1n) is 6.86. The molecule has 0 spiro atoms. The van der Waals surface area contributed by atoms with Gasteiger partial charge in [0.05, 0.1) is 18.8 Å². The maximum atomic E-state index is 12.1. The van der Waals surface area contributed by atoms with Crippen molar-refractivity contribution < 1.29 is 14.3 Å². The van der Waals surface area contributed by atoms with E-state index in [2.05, 4.69) is 5.32 Å². The number of amides is 1. The van der Waals surface area contributed by atoms with Gasteiger partial charge in [-0.3, -0.25) is 4.79 Å². The van der Waals surface area contributed by atoms with Crippen molar-refractivity contribution in [1.29, 1.82) is 0 Å². The number of carbonyl (C=O) groups excluding carboxylic acids is 1. The van der Waals surface area contributed by atoms with Crippen LogP contribution in [0.3, 0.4) is 0 Å². The summed E-state index contributed by atoms with van der Waals surface area (Å²) in [4.78, 5) is 12.1. The first-order chi connectivity index (χ1) is 9.20. The fourth-order valence-electron chi connectivity index (χ4n) is 2.27. The van der Waals surface area contributed by atoms with Crippen molar-refractivity contribution in [1.82, 2.24) is 5.32 Å². The Balaban J connectivity index is 1.96. The van der Waals surface area contributed by atoms with E-state index in [-0.39, 0.29) is 18.1 Å². The molecule has 0 saturated carbocycles. The van der Waals surface area contributed by atoms with Crippen molar-refractivity contribution in [2.24, 2.45) is 0 Å². The third-order valence-corrected chi connectivity index (χ3v) is 3.29. The molecule has 104 valence electrons. The van der Waals surface area contributed by atoms with E-state index in [1.165, 1.54) is 0 Å². The highest BCUT2D eigenvalue weighted by atomic mass is 16.5. The second kappa shape index (κ2) is 6.57. The quantitative estimate of drug-likeness (QED) is 0.887. The predicted molar refractivity (Wildman–Crippen MR) is 73.5 cm³/mol. The van der Waals surface area contributed by atoms with Crippen molar-refractivity contribution >= 4 is 5.91 Å². The molecule has 0 aliphatic carbocycles. The Morgan fingerprint density at radius 1 is 1.58 bits per heavy atom. The van der Waals surface area contributed by atoms with Gasteiger partial charge in [0.2, 0.25) is 0 Å². The maximum Gasteiger partial charge on any atom is 0.251 e. The number of benzene rings is 1. The first-order valence-corrected chi connectivity index (χ1v) is 6.86. The number of ether oxygens (including phenoxy) is 2. The molecule has 0 radical (unpaired) electrons. The Kier molecular flexibility index (Phi) is 4.80. The van der Waals surface area contributed by atoms with Crippen LogP contribution in [0.5, 0.6) is 5.75 Å². The van der Waals surface area contributed by atoms with Gasteiger partial charge in [-0.15, -0.1) is 0 Å². The van der Waals surface area contributed by atoms with Gasteiger partial charge in [0.1, 0.15) is 5.75 Å². The van der Waals surface area contributed by atoms with Crippen molar-refractivity contribution in [2.75, 3.05) is 13.2 Å². The van der Waals surface area contributed by atoms with Gasteiger partial charge < -0.3 is 14.8 Å². The molecule has 1 aromatic carbocycles. The van der Waals surface area contributed by atoms with Crippen LogP contribution in [0.1, 0.15) is 37.0 Å². The van der Waals surface area contributed by atoms with Crippen LogP contribution in [-0.4, -0.2) is 31.3 Å². The zero-order valence-electron chi connectivity index (χ0n) is 11.5. The van der Waals surface area contributed by atoms with Crippen LogP contribution < -0.4 is 10.1 Å². The molecular formula is C15H21NO3. The highest BCUT2D eigenvalue weighted by molar-refractivity contribution is 5.94. The molecule has 2 atom stereocenters. The molecule has 4 nitrogen and oxygen atoms in total. The van der Waals surface area contributed by atoms with Gasteiger partial charge in [0.25, 0.3) is 5.91 Å². The third kappa shape index (κ3) is 3.70. The Morgan fingerprint density at radius 2 is 2.42 bits per heavy atom. The van der Waals surface area contributed by atoms with Gasteiger partial charge in [0, 0.05) is 12.2 Å². The van der Waals surface area contributed by atoms with Crippen LogP contribution in [0.4, 0.5) is 0 Å². The third-order valence-electron chi connectivity index (χ3n) is 3.29.